The second-order valence-corrected chi connectivity index (χ2v) is 7.33. The predicted molar refractivity (Wildman–Crippen MR) is 110 cm³/mol. The first kappa shape index (κ1) is 18.2. The molecule has 2 aromatic carbocycles. The molecule has 1 aromatic heterocycles. The maximum Gasteiger partial charge on any atom is 0.231 e. The minimum absolute atomic E-state index is 0.0891. The molecule has 1 saturated heterocycles. The topological polar surface area (TPSA) is 71.5 Å². The molecule has 0 aliphatic carbocycles. The van der Waals surface area contributed by atoms with E-state index >= 15 is 0 Å². The molecule has 1 N–H and O–H groups in total. The van der Waals surface area contributed by atoms with Gasteiger partial charge in [-0.15, -0.1) is 11.3 Å². The van der Waals surface area contributed by atoms with E-state index in [1.807, 2.05) is 53.9 Å². The van der Waals surface area contributed by atoms with Crippen LogP contribution in [0.1, 0.15) is 6.42 Å². The van der Waals surface area contributed by atoms with Gasteiger partial charge < -0.3 is 15.0 Å². The lowest BCUT2D eigenvalue weighted by Crippen LogP contribution is -2.28. The van der Waals surface area contributed by atoms with Crippen molar-refractivity contribution in [2.24, 2.45) is 5.92 Å². The van der Waals surface area contributed by atoms with Crippen LogP contribution in [0.25, 0.3) is 11.3 Å². The number of nitrogens with zero attached hydrogens (tertiary/aromatic N) is 2. The molecule has 4 rings (SSSR count). The highest BCUT2D eigenvalue weighted by Crippen LogP contribution is 2.33. The van der Waals surface area contributed by atoms with Gasteiger partial charge in [-0.1, -0.05) is 42.5 Å². The van der Waals surface area contributed by atoms with Crippen LogP contribution in [0.5, 0.6) is 5.75 Å². The van der Waals surface area contributed by atoms with Crippen molar-refractivity contribution in [1.82, 2.24) is 4.98 Å². The number of hydrogen-bond donors (Lipinski definition) is 1. The Morgan fingerprint density at radius 1 is 1.18 bits per heavy atom. The molecule has 0 unspecified atom stereocenters. The van der Waals surface area contributed by atoms with Crippen molar-refractivity contribution in [3.63, 3.8) is 0 Å². The number of nitrogens with one attached hydrogen (secondary N) is 1. The van der Waals surface area contributed by atoms with Gasteiger partial charge >= 0.3 is 0 Å². The van der Waals surface area contributed by atoms with Gasteiger partial charge in [0.1, 0.15) is 5.75 Å². The molecule has 0 saturated carbocycles. The Hall–Kier alpha value is -3.19. The van der Waals surface area contributed by atoms with Gasteiger partial charge in [-0.05, 0) is 12.1 Å². The number of benzene rings is 2. The fourth-order valence-corrected chi connectivity index (χ4v) is 3.97. The third kappa shape index (κ3) is 3.61. The summed E-state index contributed by atoms with van der Waals surface area (Å²) in [7, 11) is 1.57. The van der Waals surface area contributed by atoms with Gasteiger partial charge in [-0.25, -0.2) is 4.98 Å². The van der Waals surface area contributed by atoms with Crippen molar-refractivity contribution in [3.8, 4) is 17.0 Å². The lowest BCUT2D eigenvalue weighted by atomic mass is 10.1. The standard InChI is InChI=1S/C21H19N3O3S/c1-27-18-10-6-5-9-17(18)24-12-15(11-19(24)25)20(26)23-21-22-16(13-28-21)14-7-3-2-4-8-14/h2-10,13,15H,11-12H2,1H3,(H,22,23,26)/t15-/m0/s1. The second kappa shape index (κ2) is 7.82. The van der Waals surface area contributed by atoms with Gasteiger partial charge in [-0.2, -0.15) is 0 Å². The third-order valence-corrected chi connectivity index (χ3v) is 5.43. The quantitative estimate of drug-likeness (QED) is 0.716. The number of ether oxygens (including phenoxy) is 1. The highest BCUT2D eigenvalue weighted by atomic mass is 32.1. The maximum atomic E-state index is 12.7. The number of hydrogen-bond acceptors (Lipinski definition) is 5. The molecule has 6 nitrogen and oxygen atoms in total. The Morgan fingerprint density at radius 3 is 2.71 bits per heavy atom. The van der Waals surface area contributed by atoms with Crippen LogP contribution in [0.3, 0.4) is 0 Å². The van der Waals surface area contributed by atoms with Crippen molar-refractivity contribution >= 4 is 34.0 Å². The fourth-order valence-electron chi connectivity index (χ4n) is 3.25. The SMILES string of the molecule is COc1ccccc1N1C[C@@H](C(=O)Nc2nc(-c3ccccc3)cs2)CC1=O. The first-order chi connectivity index (χ1) is 13.7. The van der Waals surface area contributed by atoms with E-state index in [1.54, 1.807) is 18.1 Å². The van der Waals surface area contributed by atoms with Crippen LogP contribution in [0.2, 0.25) is 0 Å². The average molecular weight is 393 g/mol. The molecule has 2 heterocycles. The lowest BCUT2D eigenvalue weighted by Gasteiger charge is -2.19. The Kier molecular flexibility index (Phi) is 5.08. The molecule has 1 fully saturated rings. The number of anilines is 2. The minimum atomic E-state index is -0.429. The summed E-state index contributed by atoms with van der Waals surface area (Å²) >= 11 is 1.37. The molecule has 1 atom stereocenters. The van der Waals surface area contributed by atoms with Crippen molar-refractivity contribution in [3.05, 3.63) is 60.0 Å². The van der Waals surface area contributed by atoms with E-state index in [-0.39, 0.29) is 18.2 Å². The molecule has 0 spiro atoms. The van der Waals surface area contributed by atoms with E-state index < -0.39 is 5.92 Å². The molecule has 0 radical (unpaired) electrons. The molecule has 7 heteroatoms. The van der Waals surface area contributed by atoms with Crippen LogP contribution in [-0.4, -0.2) is 30.5 Å². The summed E-state index contributed by atoms with van der Waals surface area (Å²) in [6, 6.07) is 17.1. The van der Waals surface area contributed by atoms with Crippen LogP contribution in [0.4, 0.5) is 10.8 Å². The van der Waals surface area contributed by atoms with E-state index in [0.29, 0.717) is 23.1 Å². The Bertz CT molecular complexity index is 1000. The maximum absolute atomic E-state index is 12.7. The zero-order valence-electron chi connectivity index (χ0n) is 15.3. The Morgan fingerprint density at radius 2 is 1.93 bits per heavy atom. The zero-order valence-corrected chi connectivity index (χ0v) is 16.1. The summed E-state index contributed by atoms with van der Waals surface area (Å²) in [5.41, 5.74) is 2.50. The number of carbonyl (C=O) groups is 2. The Labute approximate surface area is 166 Å². The number of thiazole rings is 1. The first-order valence-corrected chi connectivity index (χ1v) is 9.79. The van der Waals surface area contributed by atoms with Gasteiger partial charge in [-0.3, -0.25) is 9.59 Å². The van der Waals surface area contributed by atoms with Crippen molar-refractivity contribution in [2.75, 3.05) is 23.9 Å². The molecule has 3 aromatic rings. The summed E-state index contributed by atoms with van der Waals surface area (Å²) in [5.74, 6) is -0.0979. The second-order valence-electron chi connectivity index (χ2n) is 6.47. The number of amides is 2. The van der Waals surface area contributed by atoms with Crippen LogP contribution in [0, 0.1) is 5.92 Å². The van der Waals surface area contributed by atoms with Gasteiger partial charge in [0, 0.05) is 23.9 Å². The van der Waals surface area contributed by atoms with E-state index in [4.69, 9.17) is 4.74 Å². The molecule has 1 aliphatic rings. The van der Waals surface area contributed by atoms with Crippen LogP contribution >= 0.6 is 11.3 Å². The predicted octanol–water partition coefficient (Wildman–Crippen LogP) is 3.81. The largest absolute Gasteiger partial charge is 0.495 e. The number of para-hydroxylation sites is 2. The Balaban J connectivity index is 1.45. The third-order valence-electron chi connectivity index (χ3n) is 4.68. The molecule has 2 amide bonds. The summed E-state index contributed by atoms with van der Waals surface area (Å²) in [6.45, 7) is 0.321. The normalized spacial score (nSPS) is 16.2. The van der Waals surface area contributed by atoms with Crippen molar-refractivity contribution < 1.29 is 14.3 Å². The average Bonchev–Trinajstić information content (AvgIpc) is 3.35. The van der Waals surface area contributed by atoms with E-state index in [2.05, 4.69) is 10.3 Å². The first-order valence-electron chi connectivity index (χ1n) is 8.91. The van der Waals surface area contributed by atoms with Crippen LogP contribution in [-0.2, 0) is 9.59 Å². The summed E-state index contributed by atoms with van der Waals surface area (Å²) in [4.78, 5) is 31.3. The number of aromatic nitrogens is 1. The van der Waals surface area contributed by atoms with Crippen molar-refractivity contribution in [2.45, 2.75) is 6.42 Å². The zero-order chi connectivity index (χ0) is 19.5. The van der Waals surface area contributed by atoms with Crippen LogP contribution < -0.4 is 15.0 Å². The number of methoxy groups -OCH3 is 1. The monoisotopic (exact) mass is 393 g/mol. The molecule has 28 heavy (non-hydrogen) atoms. The summed E-state index contributed by atoms with van der Waals surface area (Å²) in [5, 5.41) is 5.30. The van der Waals surface area contributed by atoms with Gasteiger partial charge in [0.25, 0.3) is 0 Å². The molecular formula is C21H19N3O3S. The van der Waals surface area contributed by atoms with Crippen LogP contribution in [0.15, 0.2) is 60.0 Å². The molecule has 142 valence electrons. The summed E-state index contributed by atoms with van der Waals surface area (Å²) < 4.78 is 5.34. The fraction of sp³-hybridized carbons (Fsp3) is 0.190. The van der Waals surface area contributed by atoms with E-state index in [0.717, 1.165) is 11.3 Å². The van der Waals surface area contributed by atoms with Gasteiger partial charge in [0.2, 0.25) is 11.8 Å². The molecule has 1 aliphatic heterocycles. The number of rotatable bonds is 5. The van der Waals surface area contributed by atoms with E-state index in [9.17, 15) is 9.59 Å². The number of carbonyl (C=O) groups excluding carboxylic acids is 2. The van der Waals surface area contributed by atoms with Crippen molar-refractivity contribution in [1.29, 1.82) is 0 Å². The van der Waals surface area contributed by atoms with Gasteiger partial charge in [0.05, 0.1) is 24.4 Å². The minimum Gasteiger partial charge on any atom is -0.495 e. The molecule has 0 bridgehead atoms. The lowest BCUT2D eigenvalue weighted by molar-refractivity contribution is -0.122. The molecular weight excluding hydrogens is 374 g/mol. The van der Waals surface area contributed by atoms with Gasteiger partial charge in [0.15, 0.2) is 5.13 Å². The smallest absolute Gasteiger partial charge is 0.231 e. The highest BCUT2D eigenvalue weighted by Gasteiger charge is 2.36. The van der Waals surface area contributed by atoms with E-state index in [1.165, 1.54) is 11.3 Å². The summed E-state index contributed by atoms with van der Waals surface area (Å²) in [6.07, 6.45) is 0.167. The highest BCUT2D eigenvalue weighted by molar-refractivity contribution is 7.14.